The molecule has 0 amide bonds. The molecular weight excluding hydrogens is 258 g/mol. The second-order valence-corrected chi connectivity index (χ2v) is 4.10. The van der Waals surface area contributed by atoms with Crippen LogP contribution in [0.3, 0.4) is 0 Å². The average Bonchev–Trinajstić information content (AvgIpc) is 2.48. The topological polar surface area (TPSA) is 77.3 Å². The standard InChI is InChI=1S/C14H15N3O3/c18-17(19)13-4-6-14(7-5-13)20-10-9-15-11-12-3-1-2-8-16-12/h1-8,15H,9-11H2. The summed E-state index contributed by atoms with van der Waals surface area (Å²) in [7, 11) is 0. The lowest BCUT2D eigenvalue weighted by molar-refractivity contribution is -0.384. The molecule has 0 spiro atoms. The van der Waals surface area contributed by atoms with E-state index in [0.717, 1.165) is 5.69 Å². The fraction of sp³-hybridized carbons (Fsp3) is 0.214. The predicted molar refractivity (Wildman–Crippen MR) is 74.5 cm³/mol. The van der Waals surface area contributed by atoms with Crippen LogP contribution in [0.25, 0.3) is 0 Å². The van der Waals surface area contributed by atoms with Gasteiger partial charge >= 0.3 is 0 Å². The zero-order valence-corrected chi connectivity index (χ0v) is 10.9. The Morgan fingerprint density at radius 2 is 2.00 bits per heavy atom. The minimum atomic E-state index is -0.432. The normalized spacial score (nSPS) is 10.2. The van der Waals surface area contributed by atoms with Gasteiger partial charge in [-0.2, -0.15) is 0 Å². The molecule has 0 aliphatic heterocycles. The molecule has 104 valence electrons. The summed E-state index contributed by atoms with van der Waals surface area (Å²) in [6, 6.07) is 11.8. The van der Waals surface area contributed by atoms with Crippen molar-refractivity contribution in [3.63, 3.8) is 0 Å². The van der Waals surface area contributed by atoms with Crippen LogP contribution in [0.15, 0.2) is 48.7 Å². The SMILES string of the molecule is O=[N+]([O-])c1ccc(OCCNCc2ccccn2)cc1. The van der Waals surface area contributed by atoms with E-state index in [9.17, 15) is 10.1 Å². The number of non-ortho nitro benzene ring substituents is 1. The van der Waals surface area contributed by atoms with Gasteiger partial charge in [0.2, 0.25) is 0 Å². The highest BCUT2D eigenvalue weighted by Gasteiger charge is 2.03. The third kappa shape index (κ3) is 4.33. The van der Waals surface area contributed by atoms with Crippen LogP contribution in [0, 0.1) is 10.1 Å². The molecule has 2 rings (SSSR count). The van der Waals surface area contributed by atoms with Crippen molar-refractivity contribution >= 4 is 5.69 Å². The van der Waals surface area contributed by atoms with Crippen molar-refractivity contribution in [1.29, 1.82) is 0 Å². The molecule has 2 aromatic rings. The number of aromatic nitrogens is 1. The van der Waals surface area contributed by atoms with Crippen LogP contribution < -0.4 is 10.1 Å². The Morgan fingerprint density at radius 3 is 2.65 bits per heavy atom. The first-order chi connectivity index (χ1) is 9.75. The monoisotopic (exact) mass is 273 g/mol. The first-order valence-corrected chi connectivity index (χ1v) is 6.23. The van der Waals surface area contributed by atoms with E-state index in [1.165, 1.54) is 12.1 Å². The molecule has 0 radical (unpaired) electrons. The molecule has 0 atom stereocenters. The van der Waals surface area contributed by atoms with E-state index in [1.807, 2.05) is 18.2 Å². The van der Waals surface area contributed by atoms with Gasteiger partial charge in [-0.05, 0) is 24.3 Å². The summed E-state index contributed by atoms with van der Waals surface area (Å²) in [5.74, 6) is 0.621. The summed E-state index contributed by atoms with van der Waals surface area (Å²) < 4.78 is 5.47. The number of hydrogen-bond donors (Lipinski definition) is 1. The van der Waals surface area contributed by atoms with Crippen molar-refractivity contribution in [1.82, 2.24) is 10.3 Å². The number of nitrogens with one attached hydrogen (secondary N) is 1. The maximum absolute atomic E-state index is 10.5. The van der Waals surface area contributed by atoms with Gasteiger partial charge in [0.25, 0.3) is 5.69 Å². The first kappa shape index (κ1) is 14.0. The fourth-order valence-corrected chi connectivity index (χ4v) is 1.62. The van der Waals surface area contributed by atoms with E-state index in [4.69, 9.17) is 4.74 Å². The van der Waals surface area contributed by atoms with Gasteiger partial charge in [0.15, 0.2) is 0 Å². The molecule has 0 unspecified atom stereocenters. The van der Waals surface area contributed by atoms with Crippen LogP contribution in [0.4, 0.5) is 5.69 Å². The highest BCUT2D eigenvalue weighted by molar-refractivity contribution is 5.35. The van der Waals surface area contributed by atoms with E-state index in [-0.39, 0.29) is 5.69 Å². The summed E-state index contributed by atoms with van der Waals surface area (Å²) in [6.45, 7) is 1.85. The molecule has 0 aliphatic rings. The Kier molecular flexibility index (Phi) is 5.02. The van der Waals surface area contributed by atoms with E-state index in [0.29, 0.717) is 25.4 Å². The molecule has 1 aromatic carbocycles. The van der Waals surface area contributed by atoms with Gasteiger partial charge in [-0.1, -0.05) is 6.07 Å². The highest BCUT2D eigenvalue weighted by Crippen LogP contribution is 2.16. The second kappa shape index (κ2) is 7.20. The maximum Gasteiger partial charge on any atom is 0.269 e. The van der Waals surface area contributed by atoms with Gasteiger partial charge in [-0.3, -0.25) is 15.1 Å². The lowest BCUT2D eigenvalue weighted by Gasteiger charge is -2.07. The predicted octanol–water partition coefficient (Wildman–Crippen LogP) is 2.16. The van der Waals surface area contributed by atoms with Crippen molar-refractivity contribution in [2.45, 2.75) is 6.54 Å². The Morgan fingerprint density at radius 1 is 1.20 bits per heavy atom. The highest BCUT2D eigenvalue weighted by atomic mass is 16.6. The minimum absolute atomic E-state index is 0.0608. The zero-order chi connectivity index (χ0) is 14.2. The molecule has 20 heavy (non-hydrogen) atoms. The van der Waals surface area contributed by atoms with Gasteiger partial charge in [0.05, 0.1) is 10.6 Å². The van der Waals surface area contributed by atoms with E-state index >= 15 is 0 Å². The van der Waals surface area contributed by atoms with E-state index in [2.05, 4.69) is 10.3 Å². The van der Waals surface area contributed by atoms with Gasteiger partial charge in [-0.15, -0.1) is 0 Å². The van der Waals surface area contributed by atoms with Crippen molar-refractivity contribution < 1.29 is 9.66 Å². The molecule has 1 aromatic heterocycles. The Hall–Kier alpha value is -2.47. The van der Waals surface area contributed by atoms with Crippen molar-refractivity contribution in [2.24, 2.45) is 0 Å². The van der Waals surface area contributed by atoms with Crippen molar-refractivity contribution in [2.75, 3.05) is 13.2 Å². The lowest BCUT2D eigenvalue weighted by Crippen LogP contribution is -2.21. The number of nitrogens with zero attached hydrogens (tertiary/aromatic N) is 2. The molecule has 0 fully saturated rings. The Balaban J connectivity index is 1.67. The number of pyridine rings is 1. The van der Waals surface area contributed by atoms with Gasteiger partial charge in [-0.25, -0.2) is 0 Å². The third-order valence-corrected chi connectivity index (χ3v) is 2.63. The molecule has 1 N–H and O–H groups in total. The van der Waals surface area contributed by atoms with Crippen LogP contribution in [0.1, 0.15) is 5.69 Å². The lowest BCUT2D eigenvalue weighted by atomic mass is 10.3. The fourth-order valence-electron chi connectivity index (χ4n) is 1.62. The van der Waals surface area contributed by atoms with Gasteiger partial charge < -0.3 is 10.1 Å². The summed E-state index contributed by atoms with van der Waals surface area (Å²) in [4.78, 5) is 14.3. The molecule has 0 saturated carbocycles. The largest absolute Gasteiger partial charge is 0.492 e. The minimum Gasteiger partial charge on any atom is -0.492 e. The molecule has 6 nitrogen and oxygen atoms in total. The van der Waals surface area contributed by atoms with Gasteiger partial charge in [0, 0.05) is 31.4 Å². The smallest absolute Gasteiger partial charge is 0.269 e. The third-order valence-electron chi connectivity index (χ3n) is 2.63. The molecule has 6 heteroatoms. The first-order valence-electron chi connectivity index (χ1n) is 6.23. The maximum atomic E-state index is 10.5. The summed E-state index contributed by atoms with van der Waals surface area (Å²) in [5, 5.41) is 13.7. The number of nitro groups is 1. The number of ether oxygens (including phenoxy) is 1. The number of rotatable bonds is 7. The van der Waals surface area contributed by atoms with E-state index in [1.54, 1.807) is 18.3 Å². The number of benzene rings is 1. The number of nitro benzene ring substituents is 1. The average molecular weight is 273 g/mol. The van der Waals surface area contributed by atoms with Crippen LogP contribution in [-0.2, 0) is 6.54 Å². The van der Waals surface area contributed by atoms with Crippen LogP contribution in [-0.4, -0.2) is 23.1 Å². The Bertz CT molecular complexity index is 543. The van der Waals surface area contributed by atoms with Crippen LogP contribution in [0.5, 0.6) is 5.75 Å². The van der Waals surface area contributed by atoms with Gasteiger partial charge in [0.1, 0.15) is 12.4 Å². The summed E-state index contributed by atoms with van der Waals surface area (Å²) in [6.07, 6.45) is 1.75. The molecule has 0 saturated heterocycles. The van der Waals surface area contributed by atoms with Crippen LogP contribution in [0.2, 0.25) is 0 Å². The molecule has 0 aliphatic carbocycles. The van der Waals surface area contributed by atoms with Crippen molar-refractivity contribution in [3.05, 3.63) is 64.5 Å². The Labute approximate surface area is 116 Å². The molecular formula is C14H15N3O3. The molecule has 1 heterocycles. The second-order valence-electron chi connectivity index (χ2n) is 4.10. The molecule has 0 bridgehead atoms. The summed E-state index contributed by atoms with van der Waals surface area (Å²) >= 11 is 0. The zero-order valence-electron chi connectivity index (χ0n) is 10.9. The van der Waals surface area contributed by atoms with Crippen LogP contribution >= 0.6 is 0 Å². The van der Waals surface area contributed by atoms with Crippen molar-refractivity contribution in [3.8, 4) is 5.75 Å². The summed E-state index contributed by atoms with van der Waals surface area (Å²) in [5.41, 5.74) is 1.04. The van der Waals surface area contributed by atoms with E-state index < -0.39 is 4.92 Å². The number of hydrogen-bond acceptors (Lipinski definition) is 5. The quantitative estimate of drug-likeness (QED) is 0.475.